The average Bonchev–Trinajstić information content (AvgIpc) is 2.78. The van der Waals surface area contributed by atoms with Gasteiger partial charge in [0.1, 0.15) is 18.2 Å². The lowest BCUT2D eigenvalue weighted by molar-refractivity contribution is 0.128. The van der Waals surface area contributed by atoms with Gasteiger partial charge in [0.15, 0.2) is 5.82 Å². The van der Waals surface area contributed by atoms with Crippen molar-refractivity contribution in [2.24, 2.45) is 16.7 Å². The molecule has 0 saturated heterocycles. The Hall–Kier alpha value is -1.40. The fraction of sp³-hybridized carbons (Fsp3) is 0.714. The van der Waals surface area contributed by atoms with Crippen molar-refractivity contribution in [1.82, 2.24) is 9.97 Å². The maximum atomic E-state index is 5.46. The van der Waals surface area contributed by atoms with Crippen LogP contribution in [0.25, 0.3) is 0 Å². The zero-order valence-corrected chi connectivity index (χ0v) is 12.9. The molecule has 1 aromatic rings. The number of hydrogen-bond donors (Lipinski definition) is 3. The number of ether oxygens (including phenoxy) is 1. The van der Waals surface area contributed by atoms with Crippen LogP contribution in [-0.4, -0.2) is 22.6 Å². The third kappa shape index (κ3) is 2.58. The van der Waals surface area contributed by atoms with Crippen LogP contribution in [0.1, 0.15) is 40.4 Å². The molecule has 0 bridgehead atoms. The minimum atomic E-state index is 0.244. The van der Waals surface area contributed by atoms with Gasteiger partial charge in [0.2, 0.25) is 0 Å². The standard InChI is InChI=1S/C14H25N5O/c1-6-20-8-11-16-9(7-10(17-11)19-15)18-12-13(2,3)14(12,4)5/h7,12H,6,8,15H2,1-5H3,(H2,16,17,18,19). The number of anilines is 2. The van der Waals surface area contributed by atoms with Crippen LogP contribution in [0.2, 0.25) is 0 Å². The lowest BCUT2D eigenvalue weighted by Gasteiger charge is -2.11. The molecule has 1 aliphatic rings. The first kappa shape index (κ1) is 15.0. The van der Waals surface area contributed by atoms with Gasteiger partial charge < -0.3 is 15.5 Å². The van der Waals surface area contributed by atoms with Crippen LogP contribution >= 0.6 is 0 Å². The molecule has 6 nitrogen and oxygen atoms in total. The fourth-order valence-corrected chi connectivity index (χ4v) is 2.61. The zero-order chi connectivity index (χ0) is 15.0. The van der Waals surface area contributed by atoms with E-state index in [1.807, 2.05) is 13.0 Å². The second-order valence-electron chi connectivity index (χ2n) is 6.36. The normalized spacial score (nSPS) is 19.7. The van der Waals surface area contributed by atoms with Gasteiger partial charge in [-0.05, 0) is 17.8 Å². The van der Waals surface area contributed by atoms with Gasteiger partial charge >= 0.3 is 0 Å². The summed E-state index contributed by atoms with van der Waals surface area (Å²) in [5.41, 5.74) is 3.06. The topological polar surface area (TPSA) is 85.1 Å². The molecule has 0 aliphatic heterocycles. The largest absolute Gasteiger partial charge is 0.374 e. The highest BCUT2D eigenvalue weighted by atomic mass is 16.5. The number of nitrogen functional groups attached to an aromatic ring is 1. The van der Waals surface area contributed by atoms with E-state index in [0.717, 1.165) is 5.82 Å². The van der Waals surface area contributed by atoms with Crippen molar-refractivity contribution in [3.05, 3.63) is 11.9 Å². The summed E-state index contributed by atoms with van der Waals surface area (Å²) < 4.78 is 5.36. The van der Waals surface area contributed by atoms with Gasteiger partial charge in [-0.2, -0.15) is 0 Å². The SMILES string of the molecule is CCOCc1nc(NN)cc(NC2C(C)(C)C2(C)C)n1. The van der Waals surface area contributed by atoms with E-state index in [1.165, 1.54) is 0 Å². The monoisotopic (exact) mass is 279 g/mol. The molecule has 0 atom stereocenters. The summed E-state index contributed by atoms with van der Waals surface area (Å²) in [6.07, 6.45) is 0. The van der Waals surface area contributed by atoms with Gasteiger partial charge in [0.05, 0.1) is 0 Å². The highest BCUT2D eigenvalue weighted by Crippen LogP contribution is 2.63. The molecule has 0 unspecified atom stereocenters. The van der Waals surface area contributed by atoms with Crippen LogP contribution < -0.4 is 16.6 Å². The van der Waals surface area contributed by atoms with Gasteiger partial charge in [-0.3, -0.25) is 0 Å². The van der Waals surface area contributed by atoms with E-state index in [-0.39, 0.29) is 10.8 Å². The number of rotatable bonds is 6. The molecule has 2 rings (SSSR count). The number of hydrogen-bond acceptors (Lipinski definition) is 6. The molecular formula is C14H25N5O. The lowest BCUT2D eigenvalue weighted by atomic mass is 10.0. The first-order valence-corrected chi connectivity index (χ1v) is 7.01. The van der Waals surface area contributed by atoms with Crippen molar-refractivity contribution in [3.8, 4) is 0 Å². The maximum Gasteiger partial charge on any atom is 0.158 e. The van der Waals surface area contributed by atoms with Crippen molar-refractivity contribution >= 4 is 11.6 Å². The number of nitrogens with two attached hydrogens (primary N) is 1. The van der Waals surface area contributed by atoms with Gasteiger partial charge in [-0.1, -0.05) is 27.7 Å². The van der Waals surface area contributed by atoms with E-state index in [2.05, 4.69) is 48.4 Å². The number of hydrazine groups is 1. The number of nitrogens with zero attached hydrogens (tertiary/aromatic N) is 2. The molecule has 1 aliphatic carbocycles. The van der Waals surface area contributed by atoms with Gasteiger partial charge in [0.25, 0.3) is 0 Å². The summed E-state index contributed by atoms with van der Waals surface area (Å²) in [6, 6.07) is 2.20. The second kappa shape index (κ2) is 5.18. The Morgan fingerprint density at radius 1 is 1.20 bits per heavy atom. The molecule has 0 aromatic carbocycles. The van der Waals surface area contributed by atoms with Crippen LogP contribution in [0.5, 0.6) is 0 Å². The number of aromatic nitrogens is 2. The molecule has 4 N–H and O–H groups in total. The van der Waals surface area contributed by atoms with Crippen molar-refractivity contribution in [2.45, 2.75) is 47.3 Å². The Labute approximate surface area is 120 Å². The summed E-state index contributed by atoms with van der Waals surface area (Å²) in [6.45, 7) is 12.0. The van der Waals surface area contributed by atoms with E-state index in [1.54, 1.807) is 0 Å². The molecule has 1 saturated carbocycles. The Morgan fingerprint density at radius 3 is 2.30 bits per heavy atom. The minimum absolute atomic E-state index is 0.244. The van der Waals surface area contributed by atoms with Gasteiger partial charge in [-0.15, -0.1) is 0 Å². The van der Waals surface area contributed by atoms with Crippen LogP contribution in [0.3, 0.4) is 0 Å². The maximum absolute atomic E-state index is 5.46. The molecule has 6 heteroatoms. The summed E-state index contributed by atoms with van der Waals surface area (Å²) in [5, 5.41) is 3.49. The minimum Gasteiger partial charge on any atom is -0.374 e. The molecule has 0 spiro atoms. The Balaban J connectivity index is 2.15. The molecule has 0 amide bonds. The van der Waals surface area contributed by atoms with E-state index >= 15 is 0 Å². The molecule has 1 heterocycles. The molecular weight excluding hydrogens is 254 g/mol. The predicted molar refractivity (Wildman–Crippen MR) is 80.1 cm³/mol. The zero-order valence-electron chi connectivity index (χ0n) is 12.9. The summed E-state index contributed by atoms with van der Waals surface area (Å²) in [4.78, 5) is 8.76. The van der Waals surface area contributed by atoms with E-state index in [4.69, 9.17) is 10.6 Å². The molecule has 1 aromatic heterocycles. The highest BCUT2D eigenvalue weighted by molar-refractivity contribution is 5.50. The molecule has 0 radical (unpaired) electrons. The van der Waals surface area contributed by atoms with Crippen molar-refractivity contribution < 1.29 is 4.74 Å². The Kier molecular flexibility index (Phi) is 3.88. The lowest BCUT2D eigenvalue weighted by Crippen LogP contribution is -2.16. The molecule has 112 valence electrons. The van der Waals surface area contributed by atoms with Gasteiger partial charge in [-0.25, -0.2) is 15.8 Å². The van der Waals surface area contributed by atoms with E-state index in [9.17, 15) is 0 Å². The summed E-state index contributed by atoms with van der Waals surface area (Å²) >= 11 is 0. The van der Waals surface area contributed by atoms with Gasteiger partial charge in [0, 0.05) is 18.7 Å². The van der Waals surface area contributed by atoms with Crippen molar-refractivity contribution in [2.75, 3.05) is 17.3 Å². The third-order valence-electron chi connectivity index (χ3n) is 4.67. The number of nitrogens with one attached hydrogen (secondary N) is 2. The second-order valence-corrected chi connectivity index (χ2v) is 6.36. The highest BCUT2D eigenvalue weighted by Gasteiger charge is 2.65. The van der Waals surface area contributed by atoms with E-state index < -0.39 is 0 Å². The van der Waals surface area contributed by atoms with Crippen LogP contribution in [0, 0.1) is 10.8 Å². The van der Waals surface area contributed by atoms with Crippen LogP contribution in [-0.2, 0) is 11.3 Å². The molecule has 20 heavy (non-hydrogen) atoms. The third-order valence-corrected chi connectivity index (χ3v) is 4.67. The Morgan fingerprint density at radius 2 is 1.80 bits per heavy atom. The smallest absolute Gasteiger partial charge is 0.158 e. The quantitative estimate of drug-likeness (QED) is 0.546. The van der Waals surface area contributed by atoms with E-state index in [0.29, 0.717) is 30.9 Å². The van der Waals surface area contributed by atoms with Crippen molar-refractivity contribution in [1.29, 1.82) is 0 Å². The Bertz CT molecular complexity index is 472. The fourth-order valence-electron chi connectivity index (χ4n) is 2.61. The van der Waals surface area contributed by atoms with Crippen molar-refractivity contribution in [3.63, 3.8) is 0 Å². The van der Waals surface area contributed by atoms with Crippen LogP contribution in [0.15, 0.2) is 6.07 Å². The predicted octanol–water partition coefficient (Wildman–Crippen LogP) is 2.15. The first-order chi connectivity index (χ1) is 9.32. The first-order valence-electron chi connectivity index (χ1n) is 7.01. The average molecular weight is 279 g/mol. The summed E-state index contributed by atoms with van der Waals surface area (Å²) in [7, 11) is 0. The summed E-state index contributed by atoms with van der Waals surface area (Å²) in [5.74, 6) is 7.46. The molecule has 1 fully saturated rings. The van der Waals surface area contributed by atoms with Crippen LogP contribution in [0.4, 0.5) is 11.6 Å².